The number of hydrogen-bond acceptors (Lipinski definition) is 6. The van der Waals surface area contributed by atoms with Crippen molar-refractivity contribution in [1.82, 2.24) is 19.4 Å². The average molecular weight is 489 g/mol. The molecule has 1 aliphatic heterocycles. The van der Waals surface area contributed by atoms with Gasteiger partial charge in [-0.2, -0.15) is 5.26 Å². The maximum atomic E-state index is 9.50. The number of aromatic nitrogens is 3. The van der Waals surface area contributed by atoms with Gasteiger partial charge in [0.15, 0.2) is 0 Å². The zero-order chi connectivity index (χ0) is 24.0. The van der Waals surface area contributed by atoms with Crippen molar-refractivity contribution in [2.75, 3.05) is 36.4 Å². The van der Waals surface area contributed by atoms with Gasteiger partial charge in [0.25, 0.3) is 0 Å². The summed E-state index contributed by atoms with van der Waals surface area (Å²) in [6.45, 7) is 12.1. The third-order valence-electron chi connectivity index (χ3n) is 5.43. The molecule has 0 atom stereocenters. The zero-order valence-electron chi connectivity index (χ0n) is 19.3. The van der Waals surface area contributed by atoms with Crippen LogP contribution < -0.4 is 4.90 Å². The molecule has 0 aliphatic carbocycles. The Kier molecular flexibility index (Phi) is 8.41. The van der Waals surface area contributed by atoms with E-state index < -0.39 is 0 Å². The summed E-state index contributed by atoms with van der Waals surface area (Å²) in [7, 11) is 0. The second-order valence-corrected chi connectivity index (χ2v) is 10.1. The maximum absolute atomic E-state index is 9.50. The highest BCUT2D eigenvalue weighted by Crippen LogP contribution is 2.26. The first-order valence-electron chi connectivity index (χ1n) is 10.9. The minimum atomic E-state index is 0.0933. The van der Waals surface area contributed by atoms with E-state index in [1.54, 1.807) is 18.3 Å². The van der Waals surface area contributed by atoms with Crippen LogP contribution in [-0.2, 0) is 13.1 Å². The zero-order valence-corrected chi connectivity index (χ0v) is 20.8. The number of rotatable bonds is 4. The number of nitrogens with zero attached hydrogens (tertiary/aromatic N) is 6. The number of phenols is 1. The fourth-order valence-electron chi connectivity index (χ4n) is 3.99. The predicted octanol–water partition coefficient (Wildman–Crippen LogP) is 4.80. The highest BCUT2D eigenvalue weighted by molar-refractivity contribution is 6.40. The van der Waals surface area contributed by atoms with E-state index in [9.17, 15) is 10.4 Å². The first-order valence-corrected chi connectivity index (χ1v) is 11.9. The Balaban J connectivity index is 0.000000968. The van der Waals surface area contributed by atoms with E-state index in [-0.39, 0.29) is 16.6 Å². The summed E-state index contributed by atoms with van der Waals surface area (Å²) in [5.74, 6) is 0.511. The molecule has 1 aromatic carbocycles. The van der Waals surface area contributed by atoms with E-state index >= 15 is 0 Å². The lowest BCUT2D eigenvalue weighted by Gasteiger charge is -2.36. The second kappa shape index (κ2) is 11.1. The first kappa shape index (κ1) is 25.1. The van der Waals surface area contributed by atoms with Crippen LogP contribution in [0.15, 0.2) is 36.5 Å². The van der Waals surface area contributed by atoms with E-state index in [1.807, 2.05) is 12.1 Å². The number of benzene rings is 1. The summed E-state index contributed by atoms with van der Waals surface area (Å²) >= 11 is 9.53. The highest BCUT2D eigenvalue weighted by Gasteiger charge is 2.22. The molecule has 4 rings (SSSR count). The normalized spacial score (nSPS) is 14.6. The molecule has 33 heavy (non-hydrogen) atoms. The minimum absolute atomic E-state index is 0.0933. The van der Waals surface area contributed by atoms with Crippen LogP contribution in [0.3, 0.4) is 0 Å². The molecule has 1 saturated heterocycles. The summed E-state index contributed by atoms with van der Waals surface area (Å²) in [6, 6.07) is 11.6. The maximum Gasteiger partial charge on any atom is 0.234 e. The fourth-order valence-corrected chi connectivity index (χ4v) is 3.99. The van der Waals surface area contributed by atoms with Crippen LogP contribution in [0.4, 0.5) is 5.69 Å². The molecule has 9 heteroatoms. The van der Waals surface area contributed by atoms with Crippen LogP contribution in [0, 0.1) is 16.7 Å². The van der Waals surface area contributed by atoms with Gasteiger partial charge in [-0.25, -0.2) is 9.97 Å². The lowest BCUT2D eigenvalue weighted by molar-refractivity contribution is 0.239. The molecular formula is C24H30Cl2N6O. The Morgan fingerprint density at radius 1 is 1.09 bits per heavy atom. The van der Waals surface area contributed by atoms with Gasteiger partial charge in [0.2, 0.25) is 5.82 Å². The molecule has 1 fully saturated rings. The van der Waals surface area contributed by atoms with Crippen molar-refractivity contribution in [1.29, 1.82) is 5.26 Å². The molecule has 3 aromatic rings. The molecule has 0 unspecified atom stereocenters. The van der Waals surface area contributed by atoms with E-state index in [4.69, 9.17) is 23.2 Å². The molecule has 0 saturated carbocycles. The molecule has 2 aromatic heterocycles. The quantitative estimate of drug-likeness (QED) is 0.531. The molecule has 0 amide bonds. The molecule has 1 aliphatic rings. The summed E-state index contributed by atoms with van der Waals surface area (Å²) in [6.07, 6.45) is 1.76. The Hall–Kier alpha value is -2.53. The number of piperazine rings is 1. The highest BCUT2D eigenvalue weighted by atomic mass is 35.5. The minimum Gasteiger partial charge on any atom is -0.508 e. The number of nitriles is 1. The number of anilines is 1. The van der Waals surface area contributed by atoms with Crippen molar-refractivity contribution in [2.24, 2.45) is 5.41 Å². The SMILES string of the molecule is CC(C)(C)Cn1c(CN2CCN(c3ccc(O)cc3)CC2)cc2cnc(C#N)nc21.ClCCl. The Bertz CT molecular complexity index is 1090. The smallest absolute Gasteiger partial charge is 0.234 e. The molecule has 7 nitrogen and oxygen atoms in total. The van der Waals surface area contributed by atoms with Crippen LogP contribution in [0.1, 0.15) is 32.3 Å². The van der Waals surface area contributed by atoms with Crippen molar-refractivity contribution in [3.05, 3.63) is 48.0 Å². The van der Waals surface area contributed by atoms with Crippen molar-refractivity contribution < 1.29 is 5.11 Å². The van der Waals surface area contributed by atoms with Gasteiger partial charge in [-0.3, -0.25) is 4.90 Å². The van der Waals surface area contributed by atoms with Crippen LogP contribution in [0.2, 0.25) is 0 Å². The third-order valence-corrected chi connectivity index (χ3v) is 5.43. The molecule has 3 heterocycles. The Labute approximate surface area is 205 Å². The lowest BCUT2D eigenvalue weighted by Crippen LogP contribution is -2.46. The predicted molar refractivity (Wildman–Crippen MR) is 134 cm³/mol. The van der Waals surface area contributed by atoms with Gasteiger partial charge in [0.1, 0.15) is 17.5 Å². The van der Waals surface area contributed by atoms with Crippen LogP contribution in [0.25, 0.3) is 11.0 Å². The number of phenolic OH excluding ortho intramolecular Hbond substituents is 1. The molecule has 0 bridgehead atoms. The topological polar surface area (TPSA) is 81.2 Å². The average Bonchev–Trinajstić information content (AvgIpc) is 3.10. The molecular weight excluding hydrogens is 459 g/mol. The van der Waals surface area contributed by atoms with E-state index in [2.05, 4.69) is 57.2 Å². The van der Waals surface area contributed by atoms with Gasteiger partial charge in [0, 0.05) is 62.2 Å². The van der Waals surface area contributed by atoms with Gasteiger partial charge >= 0.3 is 0 Å². The largest absolute Gasteiger partial charge is 0.508 e. The van der Waals surface area contributed by atoms with E-state index in [1.165, 1.54) is 5.69 Å². The number of halogens is 2. The van der Waals surface area contributed by atoms with Crippen molar-refractivity contribution >= 4 is 39.9 Å². The number of hydrogen-bond donors (Lipinski definition) is 1. The number of fused-ring (bicyclic) bond motifs is 1. The van der Waals surface area contributed by atoms with Gasteiger partial charge in [-0.05, 0) is 35.7 Å². The lowest BCUT2D eigenvalue weighted by atomic mass is 9.97. The second-order valence-electron chi connectivity index (χ2n) is 9.25. The van der Waals surface area contributed by atoms with Gasteiger partial charge in [-0.1, -0.05) is 20.8 Å². The van der Waals surface area contributed by atoms with Gasteiger partial charge in [-0.15, -0.1) is 23.2 Å². The monoisotopic (exact) mass is 488 g/mol. The fraction of sp³-hybridized carbons (Fsp3) is 0.458. The van der Waals surface area contributed by atoms with Crippen LogP contribution in [0.5, 0.6) is 5.75 Å². The number of aromatic hydroxyl groups is 1. The molecule has 176 valence electrons. The molecule has 0 radical (unpaired) electrons. The summed E-state index contributed by atoms with van der Waals surface area (Å²) in [5.41, 5.74) is 3.29. The van der Waals surface area contributed by atoms with Crippen molar-refractivity contribution in [3.63, 3.8) is 0 Å². The standard InChI is InChI=1S/C23H28N6O.CH2Cl2/c1-23(2,3)16-29-19(12-17-14-25-21(13-24)26-22(17)29)15-27-8-10-28(11-9-27)18-4-6-20(30)7-5-18;2-1-3/h4-7,12,14,30H,8-11,15-16H2,1-3H3;1H2. The first-order chi connectivity index (χ1) is 15.7. The van der Waals surface area contributed by atoms with Crippen molar-refractivity contribution in [2.45, 2.75) is 33.9 Å². The Morgan fingerprint density at radius 2 is 1.73 bits per heavy atom. The van der Waals surface area contributed by atoms with Crippen LogP contribution >= 0.6 is 23.2 Å². The van der Waals surface area contributed by atoms with Crippen LogP contribution in [-0.4, -0.2) is 56.1 Å². The number of alkyl halides is 2. The summed E-state index contributed by atoms with van der Waals surface area (Å²) < 4.78 is 2.25. The molecule has 1 N–H and O–H groups in total. The Morgan fingerprint density at radius 3 is 2.30 bits per heavy atom. The molecule has 0 spiro atoms. The van der Waals surface area contributed by atoms with Gasteiger partial charge in [0.05, 0.1) is 5.34 Å². The van der Waals surface area contributed by atoms with Gasteiger partial charge < -0.3 is 14.6 Å². The van der Waals surface area contributed by atoms with E-state index in [0.717, 1.165) is 56.0 Å². The van der Waals surface area contributed by atoms with Crippen molar-refractivity contribution in [3.8, 4) is 11.8 Å². The third kappa shape index (κ3) is 6.73. The summed E-state index contributed by atoms with van der Waals surface area (Å²) in [4.78, 5) is 13.5. The van der Waals surface area contributed by atoms with E-state index in [0.29, 0.717) is 5.75 Å². The summed E-state index contributed by atoms with van der Waals surface area (Å²) in [5, 5.41) is 19.9.